The first-order chi connectivity index (χ1) is 7.36. The number of nitrogens with zero attached hydrogens (tertiary/aromatic N) is 1. The molecule has 2 aromatic rings. The first-order valence-corrected chi connectivity index (χ1v) is 4.94. The van der Waals surface area contributed by atoms with Crippen molar-refractivity contribution in [1.29, 1.82) is 0 Å². The lowest BCUT2D eigenvalue weighted by Crippen LogP contribution is -1.93. The largest absolute Gasteiger partial charge is 0.392 e. The molecule has 0 aliphatic rings. The van der Waals surface area contributed by atoms with Gasteiger partial charge in [0.05, 0.1) is 13.2 Å². The van der Waals surface area contributed by atoms with Gasteiger partial charge in [-0.1, -0.05) is 18.1 Å². The van der Waals surface area contributed by atoms with Crippen molar-refractivity contribution >= 4 is 10.9 Å². The van der Waals surface area contributed by atoms with E-state index in [-0.39, 0.29) is 6.61 Å². The molecule has 1 N–H and O–H groups in total. The molecule has 15 heavy (non-hydrogen) atoms. The molecule has 0 atom stereocenters. The van der Waals surface area contributed by atoms with Crippen molar-refractivity contribution in [2.24, 2.45) is 0 Å². The summed E-state index contributed by atoms with van der Waals surface area (Å²) in [6, 6.07) is 7.98. The normalized spacial score (nSPS) is 10.0. The Hall–Kier alpha value is -1.72. The number of rotatable bonds is 2. The van der Waals surface area contributed by atoms with Gasteiger partial charge in [0.25, 0.3) is 0 Å². The van der Waals surface area contributed by atoms with E-state index in [0.717, 1.165) is 16.5 Å². The first-order valence-electron chi connectivity index (χ1n) is 4.94. The molecular weight excluding hydrogens is 186 g/mol. The van der Waals surface area contributed by atoms with Crippen LogP contribution in [0.1, 0.15) is 12.5 Å². The molecule has 0 saturated heterocycles. The van der Waals surface area contributed by atoms with Gasteiger partial charge in [-0.25, -0.2) is 0 Å². The van der Waals surface area contributed by atoms with Crippen LogP contribution in [-0.2, 0) is 13.2 Å². The summed E-state index contributed by atoms with van der Waals surface area (Å²) in [5.74, 6) is 5.91. The van der Waals surface area contributed by atoms with Gasteiger partial charge in [0, 0.05) is 17.1 Å². The number of hydrogen-bond donors (Lipinski definition) is 1. The lowest BCUT2D eigenvalue weighted by Gasteiger charge is -2.02. The van der Waals surface area contributed by atoms with Gasteiger partial charge >= 0.3 is 0 Å². The van der Waals surface area contributed by atoms with Gasteiger partial charge < -0.3 is 9.67 Å². The zero-order valence-electron chi connectivity index (χ0n) is 8.70. The molecule has 0 saturated carbocycles. The minimum absolute atomic E-state index is 0.0841. The highest BCUT2D eigenvalue weighted by Crippen LogP contribution is 2.19. The van der Waals surface area contributed by atoms with Crippen molar-refractivity contribution in [2.45, 2.75) is 20.1 Å². The van der Waals surface area contributed by atoms with Crippen LogP contribution in [0.5, 0.6) is 0 Å². The van der Waals surface area contributed by atoms with E-state index in [9.17, 15) is 5.11 Å². The Morgan fingerprint density at radius 1 is 1.33 bits per heavy atom. The van der Waals surface area contributed by atoms with Gasteiger partial charge in [-0.15, -0.1) is 5.92 Å². The van der Waals surface area contributed by atoms with E-state index in [1.807, 2.05) is 37.4 Å². The molecule has 0 bridgehead atoms. The van der Waals surface area contributed by atoms with Gasteiger partial charge in [0.2, 0.25) is 0 Å². The van der Waals surface area contributed by atoms with Crippen LogP contribution >= 0.6 is 0 Å². The molecule has 1 heterocycles. The highest BCUT2D eigenvalue weighted by atomic mass is 16.3. The van der Waals surface area contributed by atoms with Gasteiger partial charge in [-0.05, 0) is 24.6 Å². The smallest absolute Gasteiger partial charge is 0.0837 e. The van der Waals surface area contributed by atoms with Crippen molar-refractivity contribution in [2.75, 3.05) is 0 Å². The summed E-state index contributed by atoms with van der Waals surface area (Å²) < 4.78 is 2.09. The Labute approximate surface area is 89.2 Å². The molecule has 1 aromatic heterocycles. The molecule has 76 valence electrons. The maximum atomic E-state index is 9.18. The molecule has 0 aliphatic carbocycles. The third kappa shape index (κ3) is 1.74. The molecule has 1 aromatic carbocycles. The van der Waals surface area contributed by atoms with Crippen LogP contribution in [0.25, 0.3) is 10.9 Å². The lowest BCUT2D eigenvalue weighted by molar-refractivity contribution is 0.283. The predicted molar refractivity (Wildman–Crippen MR) is 61.3 cm³/mol. The molecule has 2 nitrogen and oxygen atoms in total. The van der Waals surface area contributed by atoms with E-state index in [1.165, 1.54) is 0 Å². The van der Waals surface area contributed by atoms with Crippen LogP contribution < -0.4 is 0 Å². The van der Waals surface area contributed by atoms with Crippen molar-refractivity contribution < 1.29 is 5.11 Å². The lowest BCUT2D eigenvalue weighted by atomic mass is 10.1. The Morgan fingerprint density at radius 2 is 2.20 bits per heavy atom. The summed E-state index contributed by atoms with van der Waals surface area (Å²) in [5, 5.41) is 10.3. The Balaban J connectivity index is 2.54. The van der Waals surface area contributed by atoms with Gasteiger partial charge in [0.1, 0.15) is 0 Å². The van der Waals surface area contributed by atoms with Crippen LogP contribution in [-0.4, -0.2) is 9.67 Å². The quantitative estimate of drug-likeness (QED) is 0.737. The number of aliphatic hydroxyl groups excluding tert-OH is 1. The fourth-order valence-electron chi connectivity index (χ4n) is 1.73. The highest BCUT2D eigenvalue weighted by Gasteiger charge is 2.03. The fraction of sp³-hybridized carbons (Fsp3) is 0.231. The van der Waals surface area contributed by atoms with Crippen LogP contribution in [0.3, 0.4) is 0 Å². The molecular formula is C13H13NO. The second kappa shape index (κ2) is 4.20. The second-order valence-corrected chi connectivity index (χ2v) is 3.38. The van der Waals surface area contributed by atoms with E-state index in [4.69, 9.17) is 0 Å². The van der Waals surface area contributed by atoms with Crippen molar-refractivity contribution in [3.05, 3.63) is 36.0 Å². The van der Waals surface area contributed by atoms with Crippen LogP contribution in [0.2, 0.25) is 0 Å². The summed E-state index contributed by atoms with van der Waals surface area (Å²) in [4.78, 5) is 0. The van der Waals surface area contributed by atoms with Crippen LogP contribution in [0.15, 0.2) is 30.5 Å². The number of aromatic nitrogens is 1. The minimum Gasteiger partial charge on any atom is -0.392 e. The van der Waals surface area contributed by atoms with E-state index in [0.29, 0.717) is 6.54 Å². The summed E-state index contributed by atoms with van der Waals surface area (Å²) in [6.07, 6.45) is 2.01. The molecule has 0 aliphatic heterocycles. The number of aliphatic hydroxyl groups is 1. The summed E-state index contributed by atoms with van der Waals surface area (Å²) in [7, 11) is 0. The third-order valence-electron chi connectivity index (χ3n) is 2.50. The van der Waals surface area contributed by atoms with Crippen LogP contribution in [0, 0.1) is 11.8 Å². The van der Waals surface area contributed by atoms with Crippen molar-refractivity contribution in [3.8, 4) is 11.8 Å². The Bertz CT molecular complexity index is 528. The summed E-state index contributed by atoms with van der Waals surface area (Å²) >= 11 is 0. The first kappa shape index (κ1) is 9.82. The molecule has 2 heteroatoms. The molecule has 2 rings (SSSR count). The SMILES string of the molecule is CC#CCn1ccc2c(CO)cccc21. The van der Waals surface area contributed by atoms with E-state index < -0.39 is 0 Å². The number of hydrogen-bond acceptors (Lipinski definition) is 1. The van der Waals surface area contributed by atoms with Gasteiger partial charge in [-0.3, -0.25) is 0 Å². The average Bonchev–Trinajstić information content (AvgIpc) is 2.69. The molecule has 0 amide bonds. The molecule has 0 radical (unpaired) electrons. The number of benzene rings is 1. The number of fused-ring (bicyclic) bond motifs is 1. The van der Waals surface area contributed by atoms with Gasteiger partial charge in [-0.2, -0.15) is 0 Å². The average molecular weight is 199 g/mol. The zero-order valence-corrected chi connectivity index (χ0v) is 8.70. The highest BCUT2D eigenvalue weighted by molar-refractivity contribution is 5.83. The van der Waals surface area contributed by atoms with E-state index in [2.05, 4.69) is 16.4 Å². The fourth-order valence-corrected chi connectivity index (χ4v) is 1.73. The molecule has 0 unspecified atom stereocenters. The summed E-state index contributed by atoms with van der Waals surface area (Å²) in [6.45, 7) is 2.63. The standard InChI is InChI=1S/C13H13NO/c1-2-3-8-14-9-7-12-11(10-15)5-4-6-13(12)14/h4-7,9,15H,8,10H2,1H3. The predicted octanol–water partition coefficient (Wildman–Crippen LogP) is 2.16. The monoisotopic (exact) mass is 199 g/mol. The minimum atomic E-state index is 0.0841. The van der Waals surface area contributed by atoms with Crippen molar-refractivity contribution in [3.63, 3.8) is 0 Å². The second-order valence-electron chi connectivity index (χ2n) is 3.38. The van der Waals surface area contributed by atoms with Crippen molar-refractivity contribution in [1.82, 2.24) is 4.57 Å². The topological polar surface area (TPSA) is 25.2 Å². The third-order valence-corrected chi connectivity index (χ3v) is 2.50. The molecule has 0 fully saturated rings. The Morgan fingerprint density at radius 3 is 2.93 bits per heavy atom. The van der Waals surface area contributed by atoms with E-state index in [1.54, 1.807) is 0 Å². The Kier molecular flexibility index (Phi) is 2.75. The zero-order chi connectivity index (χ0) is 10.7. The maximum Gasteiger partial charge on any atom is 0.0837 e. The summed E-state index contributed by atoms with van der Waals surface area (Å²) in [5.41, 5.74) is 2.10. The van der Waals surface area contributed by atoms with E-state index >= 15 is 0 Å². The molecule has 0 spiro atoms. The van der Waals surface area contributed by atoms with Gasteiger partial charge in [0.15, 0.2) is 0 Å². The van der Waals surface area contributed by atoms with Crippen LogP contribution in [0.4, 0.5) is 0 Å². The maximum absolute atomic E-state index is 9.18.